The third kappa shape index (κ3) is 5.03. The zero-order valence-corrected chi connectivity index (χ0v) is 13.2. The molecule has 1 fully saturated rings. The van der Waals surface area contributed by atoms with Crippen LogP contribution in [0.5, 0.6) is 0 Å². The molecular weight excluding hydrogens is 262 g/mol. The molecule has 1 saturated carbocycles. The third-order valence-corrected chi connectivity index (χ3v) is 4.14. The number of nitrogens with zero attached hydrogens (tertiary/aromatic N) is 1. The summed E-state index contributed by atoms with van der Waals surface area (Å²) in [5.74, 6) is 1.58. The van der Waals surface area contributed by atoms with Gasteiger partial charge < -0.3 is 10.6 Å². The van der Waals surface area contributed by atoms with Crippen LogP contribution in [0.4, 0.5) is 5.82 Å². The van der Waals surface area contributed by atoms with Gasteiger partial charge >= 0.3 is 0 Å². The number of carbonyl (C=O) groups excluding carboxylic acids is 1. The van der Waals surface area contributed by atoms with Crippen molar-refractivity contribution < 1.29 is 4.79 Å². The van der Waals surface area contributed by atoms with Crippen LogP contribution in [0.1, 0.15) is 61.5 Å². The molecule has 0 unspecified atom stereocenters. The van der Waals surface area contributed by atoms with Gasteiger partial charge in [0.25, 0.3) is 5.91 Å². The van der Waals surface area contributed by atoms with Gasteiger partial charge in [0.15, 0.2) is 0 Å². The SMILES string of the molecule is CCNc1cc(C(=O)NCCC2CCCCC2)cc(C)n1. The second kappa shape index (κ2) is 8.01. The molecule has 21 heavy (non-hydrogen) atoms. The Bertz CT molecular complexity index is 467. The summed E-state index contributed by atoms with van der Waals surface area (Å²) >= 11 is 0. The molecule has 1 aromatic rings. The van der Waals surface area contributed by atoms with Gasteiger partial charge in [-0.2, -0.15) is 0 Å². The summed E-state index contributed by atoms with van der Waals surface area (Å²) in [7, 11) is 0. The van der Waals surface area contributed by atoms with Crippen molar-refractivity contribution in [1.82, 2.24) is 10.3 Å². The van der Waals surface area contributed by atoms with E-state index in [1.54, 1.807) is 0 Å². The van der Waals surface area contributed by atoms with E-state index in [4.69, 9.17) is 0 Å². The summed E-state index contributed by atoms with van der Waals surface area (Å²) in [5, 5.41) is 6.21. The van der Waals surface area contributed by atoms with Crippen LogP contribution in [-0.4, -0.2) is 24.0 Å². The highest BCUT2D eigenvalue weighted by atomic mass is 16.1. The van der Waals surface area contributed by atoms with Crippen molar-refractivity contribution in [3.8, 4) is 0 Å². The molecule has 0 spiro atoms. The normalized spacial score (nSPS) is 15.7. The first-order valence-corrected chi connectivity index (χ1v) is 8.19. The lowest BCUT2D eigenvalue weighted by molar-refractivity contribution is 0.0950. The molecule has 1 aromatic heterocycles. The molecule has 0 radical (unpaired) electrons. The minimum absolute atomic E-state index is 0.00969. The van der Waals surface area contributed by atoms with Crippen LogP contribution in [0.25, 0.3) is 0 Å². The van der Waals surface area contributed by atoms with E-state index >= 15 is 0 Å². The molecular formula is C17H27N3O. The van der Waals surface area contributed by atoms with E-state index in [1.165, 1.54) is 32.1 Å². The predicted octanol–water partition coefficient (Wildman–Crippen LogP) is 3.52. The van der Waals surface area contributed by atoms with Gasteiger partial charge in [0.2, 0.25) is 0 Å². The Balaban J connectivity index is 1.84. The fraction of sp³-hybridized carbons (Fsp3) is 0.647. The maximum atomic E-state index is 12.2. The van der Waals surface area contributed by atoms with Crippen molar-refractivity contribution in [2.45, 2.75) is 52.4 Å². The van der Waals surface area contributed by atoms with Crippen molar-refractivity contribution in [3.63, 3.8) is 0 Å². The average Bonchev–Trinajstić information content (AvgIpc) is 2.48. The first kappa shape index (κ1) is 15.8. The second-order valence-corrected chi connectivity index (χ2v) is 5.96. The minimum atomic E-state index is 0.00969. The molecule has 1 aliphatic rings. The van der Waals surface area contributed by atoms with Crippen molar-refractivity contribution in [2.24, 2.45) is 5.92 Å². The van der Waals surface area contributed by atoms with E-state index in [-0.39, 0.29) is 5.91 Å². The Labute approximate surface area is 127 Å². The molecule has 0 saturated heterocycles. The Morgan fingerprint density at radius 3 is 2.76 bits per heavy atom. The number of amides is 1. The highest BCUT2D eigenvalue weighted by molar-refractivity contribution is 5.94. The standard InChI is InChI=1S/C17H27N3O/c1-3-18-16-12-15(11-13(2)20-16)17(21)19-10-9-14-7-5-4-6-8-14/h11-12,14H,3-10H2,1-2H3,(H,18,20)(H,19,21). The third-order valence-electron chi connectivity index (χ3n) is 4.14. The maximum absolute atomic E-state index is 12.2. The maximum Gasteiger partial charge on any atom is 0.251 e. The fourth-order valence-electron chi connectivity index (χ4n) is 3.04. The Kier molecular flexibility index (Phi) is 6.03. The van der Waals surface area contributed by atoms with Crippen molar-refractivity contribution >= 4 is 11.7 Å². The molecule has 1 amide bonds. The number of carbonyl (C=O) groups is 1. The Hall–Kier alpha value is -1.58. The van der Waals surface area contributed by atoms with Crippen LogP contribution < -0.4 is 10.6 Å². The van der Waals surface area contributed by atoms with E-state index in [2.05, 4.69) is 15.6 Å². The van der Waals surface area contributed by atoms with Crippen LogP contribution in [0.3, 0.4) is 0 Å². The van der Waals surface area contributed by atoms with Gasteiger partial charge in [0.1, 0.15) is 5.82 Å². The van der Waals surface area contributed by atoms with Crippen LogP contribution in [0.2, 0.25) is 0 Å². The second-order valence-electron chi connectivity index (χ2n) is 5.96. The van der Waals surface area contributed by atoms with Crippen LogP contribution in [0.15, 0.2) is 12.1 Å². The summed E-state index contributed by atoms with van der Waals surface area (Å²) in [5.41, 5.74) is 1.56. The first-order chi connectivity index (χ1) is 10.2. The van der Waals surface area contributed by atoms with Crippen molar-refractivity contribution in [1.29, 1.82) is 0 Å². The molecule has 0 aliphatic heterocycles. The number of hydrogen-bond acceptors (Lipinski definition) is 3. The van der Waals surface area contributed by atoms with Crippen molar-refractivity contribution in [3.05, 3.63) is 23.4 Å². The number of pyridine rings is 1. The highest BCUT2D eigenvalue weighted by Crippen LogP contribution is 2.25. The van der Waals surface area contributed by atoms with Crippen LogP contribution >= 0.6 is 0 Å². The van der Waals surface area contributed by atoms with Crippen molar-refractivity contribution in [2.75, 3.05) is 18.4 Å². The molecule has 116 valence electrons. The number of rotatable bonds is 6. The molecule has 0 aromatic carbocycles. The molecule has 2 N–H and O–H groups in total. The monoisotopic (exact) mass is 289 g/mol. The smallest absolute Gasteiger partial charge is 0.251 e. The van der Waals surface area contributed by atoms with Gasteiger partial charge in [-0.1, -0.05) is 32.1 Å². The van der Waals surface area contributed by atoms with Gasteiger partial charge in [-0.15, -0.1) is 0 Å². The predicted molar refractivity (Wildman–Crippen MR) is 86.7 cm³/mol. The zero-order valence-electron chi connectivity index (χ0n) is 13.2. The van der Waals surface area contributed by atoms with E-state index < -0.39 is 0 Å². The lowest BCUT2D eigenvalue weighted by Gasteiger charge is -2.21. The largest absolute Gasteiger partial charge is 0.370 e. The minimum Gasteiger partial charge on any atom is -0.370 e. The van der Waals surface area contributed by atoms with Gasteiger partial charge in [0, 0.05) is 24.3 Å². The summed E-state index contributed by atoms with van der Waals surface area (Å²) in [6, 6.07) is 3.67. The van der Waals surface area contributed by atoms with E-state index in [9.17, 15) is 4.79 Å². The van der Waals surface area contributed by atoms with Gasteiger partial charge in [0.05, 0.1) is 0 Å². The molecule has 4 heteroatoms. The first-order valence-electron chi connectivity index (χ1n) is 8.19. The zero-order chi connectivity index (χ0) is 15.1. The lowest BCUT2D eigenvalue weighted by Crippen LogP contribution is -2.26. The molecule has 0 atom stereocenters. The summed E-state index contributed by atoms with van der Waals surface area (Å²) in [4.78, 5) is 16.6. The lowest BCUT2D eigenvalue weighted by atomic mass is 9.87. The molecule has 1 heterocycles. The Morgan fingerprint density at radius 2 is 2.05 bits per heavy atom. The number of aromatic nitrogens is 1. The van der Waals surface area contributed by atoms with Gasteiger partial charge in [-0.3, -0.25) is 4.79 Å². The molecule has 1 aliphatic carbocycles. The number of aryl methyl sites for hydroxylation is 1. The summed E-state index contributed by atoms with van der Waals surface area (Å²) < 4.78 is 0. The van der Waals surface area contributed by atoms with Gasteiger partial charge in [-0.05, 0) is 38.3 Å². The summed E-state index contributed by atoms with van der Waals surface area (Å²) in [6.07, 6.45) is 7.86. The van der Waals surface area contributed by atoms with Crippen LogP contribution in [-0.2, 0) is 0 Å². The number of nitrogens with one attached hydrogen (secondary N) is 2. The summed E-state index contributed by atoms with van der Waals surface area (Å²) in [6.45, 7) is 5.52. The van der Waals surface area contributed by atoms with E-state index in [1.807, 2.05) is 26.0 Å². The number of anilines is 1. The molecule has 0 bridgehead atoms. The quantitative estimate of drug-likeness (QED) is 0.842. The topological polar surface area (TPSA) is 54.0 Å². The van der Waals surface area contributed by atoms with Gasteiger partial charge in [-0.25, -0.2) is 4.98 Å². The van der Waals surface area contributed by atoms with Crippen LogP contribution in [0, 0.1) is 12.8 Å². The van der Waals surface area contributed by atoms with E-state index in [0.29, 0.717) is 5.56 Å². The molecule has 4 nitrogen and oxygen atoms in total. The highest BCUT2D eigenvalue weighted by Gasteiger charge is 2.14. The van der Waals surface area contributed by atoms with E-state index in [0.717, 1.165) is 36.9 Å². The Morgan fingerprint density at radius 1 is 1.29 bits per heavy atom. The fourth-order valence-corrected chi connectivity index (χ4v) is 3.04. The molecule has 2 rings (SSSR count). The average molecular weight is 289 g/mol. The number of hydrogen-bond donors (Lipinski definition) is 2.